The van der Waals surface area contributed by atoms with E-state index >= 15 is 0 Å². The van der Waals surface area contributed by atoms with Gasteiger partial charge in [0.1, 0.15) is 10.1 Å². The second-order valence-corrected chi connectivity index (χ2v) is 8.42. The van der Waals surface area contributed by atoms with Crippen LogP contribution < -0.4 is 10.9 Å². The molecule has 3 N–H and O–H groups in total. The number of hydrogen-bond acceptors (Lipinski definition) is 6. The zero-order chi connectivity index (χ0) is 22.9. The van der Waals surface area contributed by atoms with Crippen LogP contribution >= 0.6 is 24.0 Å². The van der Waals surface area contributed by atoms with E-state index in [9.17, 15) is 19.5 Å². The van der Waals surface area contributed by atoms with Crippen LogP contribution in [0.3, 0.4) is 0 Å². The first-order valence-electron chi connectivity index (χ1n) is 9.80. The maximum absolute atomic E-state index is 12.6. The largest absolute Gasteiger partial charge is 0.507 e. The molecule has 1 saturated heterocycles. The van der Waals surface area contributed by atoms with E-state index in [0.717, 1.165) is 5.56 Å². The van der Waals surface area contributed by atoms with Gasteiger partial charge in [-0.2, -0.15) is 0 Å². The summed E-state index contributed by atoms with van der Waals surface area (Å²) in [6.45, 7) is 0.297. The van der Waals surface area contributed by atoms with Crippen molar-refractivity contribution in [3.05, 3.63) is 82.8 Å². The number of para-hydroxylation sites is 1. The predicted octanol–water partition coefficient (Wildman–Crippen LogP) is 3.39. The molecular formula is C23H21N3O4S2. The number of hydrogen-bond donors (Lipinski definition) is 3. The summed E-state index contributed by atoms with van der Waals surface area (Å²) in [7, 11) is 0. The summed E-state index contributed by atoms with van der Waals surface area (Å²) < 4.78 is 0.447. The first-order valence-corrected chi connectivity index (χ1v) is 11.0. The SMILES string of the molecule is O=C(CCCN1C(=O)/C(=C/C=C/c2ccccc2)SC1=S)NNC(=O)c1ccccc1O. The summed E-state index contributed by atoms with van der Waals surface area (Å²) >= 11 is 6.52. The van der Waals surface area contributed by atoms with Crippen molar-refractivity contribution in [2.24, 2.45) is 0 Å². The van der Waals surface area contributed by atoms with E-state index in [1.54, 1.807) is 18.2 Å². The Morgan fingerprint density at radius 2 is 1.78 bits per heavy atom. The number of thiocarbonyl (C=S) groups is 1. The molecule has 1 aliphatic heterocycles. The van der Waals surface area contributed by atoms with Crippen LogP contribution in [0.15, 0.2) is 71.7 Å². The second kappa shape index (κ2) is 11.3. The van der Waals surface area contributed by atoms with Gasteiger partial charge < -0.3 is 5.11 Å². The third-order valence-electron chi connectivity index (χ3n) is 4.46. The zero-order valence-corrected chi connectivity index (χ0v) is 18.6. The Balaban J connectivity index is 1.43. The topological polar surface area (TPSA) is 98.7 Å². The van der Waals surface area contributed by atoms with Crippen molar-refractivity contribution in [2.45, 2.75) is 12.8 Å². The van der Waals surface area contributed by atoms with Crippen molar-refractivity contribution in [3.8, 4) is 5.75 Å². The van der Waals surface area contributed by atoms with Gasteiger partial charge in [0.25, 0.3) is 11.8 Å². The number of phenolic OH excluding ortho intramolecular Hbond substituents is 1. The smallest absolute Gasteiger partial charge is 0.273 e. The Hall–Kier alpha value is -3.43. The van der Waals surface area contributed by atoms with Gasteiger partial charge in [-0.15, -0.1) is 0 Å². The molecule has 1 fully saturated rings. The second-order valence-electron chi connectivity index (χ2n) is 6.75. The minimum absolute atomic E-state index is 0.0541. The van der Waals surface area contributed by atoms with Gasteiger partial charge in [0.05, 0.1) is 10.5 Å². The average Bonchev–Trinajstić information content (AvgIpc) is 3.06. The summed E-state index contributed by atoms with van der Waals surface area (Å²) in [5.74, 6) is -1.41. The number of carbonyl (C=O) groups excluding carboxylic acids is 3. The van der Waals surface area contributed by atoms with E-state index in [-0.39, 0.29) is 23.6 Å². The van der Waals surface area contributed by atoms with E-state index in [0.29, 0.717) is 22.2 Å². The number of phenols is 1. The third-order valence-corrected chi connectivity index (χ3v) is 5.86. The van der Waals surface area contributed by atoms with Gasteiger partial charge >= 0.3 is 0 Å². The number of benzene rings is 2. The van der Waals surface area contributed by atoms with E-state index in [1.165, 1.54) is 28.8 Å². The predicted molar refractivity (Wildman–Crippen MR) is 128 cm³/mol. The molecule has 0 saturated carbocycles. The number of amides is 3. The van der Waals surface area contributed by atoms with Crippen LogP contribution in [0.25, 0.3) is 6.08 Å². The molecule has 0 atom stereocenters. The van der Waals surface area contributed by atoms with Crippen molar-refractivity contribution in [2.75, 3.05) is 6.54 Å². The molecule has 2 aromatic rings. The van der Waals surface area contributed by atoms with Crippen molar-refractivity contribution in [3.63, 3.8) is 0 Å². The van der Waals surface area contributed by atoms with E-state index in [1.807, 2.05) is 42.5 Å². The van der Waals surface area contributed by atoms with Crippen LogP contribution in [0.4, 0.5) is 0 Å². The lowest BCUT2D eigenvalue weighted by Crippen LogP contribution is -2.42. The van der Waals surface area contributed by atoms with Crippen LogP contribution in [-0.2, 0) is 9.59 Å². The molecule has 0 spiro atoms. The van der Waals surface area contributed by atoms with Crippen LogP contribution in [0.1, 0.15) is 28.8 Å². The number of aromatic hydroxyl groups is 1. The molecule has 3 amide bonds. The summed E-state index contributed by atoms with van der Waals surface area (Å²) in [5.41, 5.74) is 5.63. The lowest BCUT2D eigenvalue weighted by atomic mass is 10.2. The number of nitrogens with one attached hydrogen (secondary N) is 2. The Bertz CT molecular complexity index is 1080. The Morgan fingerprint density at radius 3 is 2.53 bits per heavy atom. The van der Waals surface area contributed by atoms with E-state index < -0.39 is 11.8 Å². The molecule has 1 aliphatic rings. The molecule has 164 valence electrons. The highest BCUT2D eigenvalue weighted by Gasteiger charge is 2.31. The molecule has 0 aliphatic carbocycles. The van der Waals surface area contributed by atoms with Crippen molar-refractivity contribution >= 4 is 52.1 Å². The monoisotopic (exact) mass is 467 g/mol. The van der Waals surface area contributed by atoms with Gasteiger partial charge in [0.15, 0.2) is 0 Å². The van der Waals surface area contributed by atoms with Gasteiger partial charge in [-0.25, -0.2) is 0 Å². The minimum atomic E-state index is -0.623. The van der Waals surface area contributed by atoms with Gasteiger partial charge in [-0.1, -0.05) is 78.6 Å². The Kier molecular flexibility index (Phi) is 8.18. The fourth-order valence-electron chi connectivity index (χ4n) is 2.84. The van der Waals surface area contributed by atoms with Crippen LogP contribution in [-0.4, -0.2) is 38.6 Å². The van der Waals surface area contributed by atoms with Gasteiger partial charge in [-0.3, -0.25) is 30.1 Å². The lowest BCUT2D eigenvalue weighted by Gasteiger charge is -2.14. The van der Waals surface area contributed by atoms with Crippen molar-refractivity contribution in [1.82, 2.24) is 15.8 Å². The van der Waals surface area contributed by atoms with Gasteiger partial charge in [0, 0.05) is 13.0 Å². The maximum atomic E-state index is 12.6. The summed E-state index contributed by atoms with van der Waals surface area (Å²) in [5, 5.41) is 9.66. The maximum Gasteiger partial charge on any atom is 0.273 e. The quantitative estimate of drug-likeness (QED) is 0.328. The molecule has 32 heavy (non-hydrogen) atoms. The molecule has 2 aromatic carbocycles. The van der Waals surface area contributed by atoms with E-state index in [2.05, 4.69) is 10.9 Å². The molecule has 9 heteroatoms. The number of hydrazine groups is 1. The Morgan fingerprint density at radius 1 is 1.06 bits per heavy atom. The highest BCUT2D eigenvalue weighted by molar-refractivity contribution is 8.26. The van der Waals surface area contributed by atoms with Crippen LogP contribution in [0, 0.1) is 0 Å². The number of allylic oxidation sites excluding steroid dienone is 2. The van der Waals surface area contributed by atoms with Crippen LogP contribution in [0.5, 0.6) is 5.75 Å². The highest BCUT2D eigenvalue weighted by atomic mass is 32.2. The van der Waals surface area contributed by atoms with Crippen molar-refractivity contribution in [1.29, 1.82) is 0 Å². The molecule has 0 aromatic heterocycles. The normalized spacial score (nSPS) is 14.9. The summed E-state index contributed by atoms with van der Waals surface area (Å²) in [6.07, 6.45) is 5.90. The van der Waals surface area contributed by atoms with Gasteiger partial charge in [-0.05, 0) is 30.2 Å². The Labute approximate surface area is 195 Å². The molecule has 1 heterocycles. The minimum Gasteiger partial charge on any atom is -0.507 e. The number of rotatable bonds is 7. The highest BCUT2D eigenvalue weighted by Crippen LogP contribution is 2.31. The summed E-state index contributed by atoms with van der Waals surface area (Å²) in [6, 6.07) is 15.7. The first kappa shape index (κ1) is 23.2. The lowest BCUT2D eigenvalue weighted by molar-refractivity contribution is -0.124. The number of carbonyl (C=O) groups is 3. The average molecular weight is 468 g/mol. The zero-order valence-electron chi connectivity index (χ0n) is 17.0. The molecule has 3 rings (SSSR count). The fraction of sp³-hybridized carbons (Fsp3) is 0.130. The molecule has 7 nitrogen and oxygen atoms in total. The summed E-state index contributed by atoms with van der Waals surface area (Å²) in [4.78, 5) is 38.5. The molecule has 0 radical (unpaired) electrons. The molecule has 0 unspecified atom stereocenters. The number of thioether (sulfide) groups is 1. The third kappa shape index (κ3) is 6.29. The van der Waals surface area contributed by atoms with Gasteiger partial charge in [0.2, 0.25) is 5.91 Å². The van der Waals surface area contributed by atoms with Crippen LogP contribution in [0.2, 0.25) is 0 Å². The fourth-order valence-corrected chi connectivity index (χ4v) is 4.10. The van der Waals surface area contributed by atoms with E-state index in [4.69, 9.17) is 12.2 Å². The molecular weight excluding hydrogens is 446 g/mol. The van der Waals surface area contributed by atoms with Crippen molar-refractivity contribution < 1.29 is 19.5 Å². The standard InChI is InChI=1S/C23H21N3O4S2/c27-18-12-5-4-11-17(18)21(29)25-24-20(28)14-7-15-26-22(30)19(32-23(26)31)13-6-10-16-8-2-1-3-9-16/h1-6,8-13,27H,7,14-15H2,(H,24,28)(H,25,29)/b10-6+,19-13-. The first-order chi connectivity index (χ1) is 15.5. The molecule has 0 bridgehead atoms. The number of nitrogens with zero attached hydrogens (tertiary/aromatic N) is 1.